The number of hydrogen-bond acceptors (Lipinski definition) is 4. The number of H-pyrrole nitrogens is 1. The first-order valence-corrected chi connectivity index (χ1v) is 6.09. The number of aryl methyl sites for hydroxylation is 1. The van der Waals surface area contributed by atoms with Gasteiger partial charge in [-0.2, -0.15) is 4.39 Å². The zero-order valence-electron chi connectivity index (χ0n) is 10.5. The fraction of sp³-hybridized carbons (Fsp3) is 0.308. The van der Waals surface area contributed by atoms with Crippen molar-refractivity contribution in [2.24, 2.45) is 0 Å². The van der Waals surface area contributed by atoms with Crippen LogP contribution in [0.25, 0.3) is 0 Å². The first-order chi connectivity index (χ1) is 9.13. The minimum atomic E-state index is -0.515. The van der Waals surface area contributed by atoms with Crippen LogP contribution in [0.3, 0.4) is 0 Å². The number of pyridine rings is 1. The molecule has 98 valence electrons. The van der Waals surface area contributed by atoms with Crippen molar-refractivity contribution < 1.29 is 4.39 Å². The Balaban J connectivity index is 1.96. The van der Waals surface area contributed by atoms with Gasteiger partial charge >= 0.3 is 0 Å². The van der Waals surface area contributed by atoms with Gasteiger partial charge in [0.2, 0.25) is 5.95 Å². The SMILES string of the molecule is Cc1nc2c(c(=O)[nH]1)CN(c1cccc(F)n1)CC2. The van der Waals surface area contributed by atoms with E-state index in [1.807, 2.05) is 4.90 Å². The monoisotopic (exact) mass is 260 g/mol. The van der Waals surface area contributed by atoms with Crippen LogP contribution in [0.1, 0.15) is 17.1 Å². The average Bonchev–Trinajstić information content (AvgIpc) is 2.38. The third kappa shape index (κ3) is 2.21. The molecule has 1 aliphatic rings. The summed E-state index contributed by atoms with van der Waals surface area (Å²) in [5.74, 6) is 0.658. The van der Waals surface area contributed by atoms with Crippen LogP contribution in [-0.2, 0) is 13.0 Å². The maximum atomic E-state index is 13.1. The van der Waals surface area contributed by atoms with Crippen molar-refractivity contribution in [1.29, 1.82) is 0 Å². The Labute approximate surface area is 109 Å². The molecule has 0 saturated carbocycles. The van der Waals surface area contributed by atoms with Gasteiger partial charge in [0.15, 0.2) is 0 Å². The van der Waals surface area contributed by atoms with Crippen LogP contribution in [0.2, 0.25) is 0 Å². The Morgan fingerprint density at radius 3 is 3.00 bits per heavy atom. The first-order valence-electron chi connectivity index (χ1n) is 6.09. The van der Waals surface area contributed by atoms with Crippen LogP contribution < -0.4 is 10.5 Å². The normalized spacial score (nSPS) is 14.3. The Morgan fingerprint density at radius 1 is 1.37 bits per heavy atom. The van der Waals surface area contributed by atoms with E-state index in [9.17, 15) is 9.18 Å². The number of hydrogen-bond donors (Lipinski definition) is 1. The second-order valence-corrected chi connectivity index (χ2v) is 4.57. The smallest absolute Gasteiger partial charge is 0.256 e. The molecule has 0 amide bonds. The van der Waals surface area contributed by atoms with Crippen LogP contribution in [0.4, 0.5) is 10.2 Å². The standard InChI is InChI=1S/C13H13FN4O/c1-8-15-10-5-6-18(7-9(10)13(19)16-8)12-4-2-3-11(14)17-12/h2-4H,5-7H2,1H3,(H,15,16,19). The highest BCUT2D eigenvalue weighted by molar-refractivity contribution is 5.42. The number of aromatic nitrogens is 3. The van der Waals surface area contributed by atoms with E-state index >= 15 is 0 Å². The van der Waals surface area contributed by atoms with Crippen molar-refractivity contribution in [2.75, 3.05) is 11.4 Å². The maximum Gasteiger partial charge on any atom is 0.256 e. The summed E-state index contributed by atoms with van der Waals surface area (Å²) < 4.78 is 13.1. The Kier molecular flexibility index (Phi) is 2.77. The summed E-state index contributed by atoms with van der Waals surface area (Å²) in [5, 5.41) is 0. The highest BCUT2D eigenvalue weighted by atomic mass is 19.1. The summed E-state index contributed by atoms with van der Waals surface area (Å²) in [6.45, 7) is 2.86. The molecule has 0 saturated heterocycles. The summed E-state index contributed by atoms with van der Waals surface area (Å²) in [6, 6.07) is 4.66. The lowest BCUT2D eigenvalue weighted by Crippen LogP contribution is -2.36. The van der Waals surface area contributed by atoms with Gasteiger partial charge in [0.1, 0.15) is 11.6 Å². The second kappa shape index (κ2) is 4.46. The van der Waals surface area contributed by atoms with Crippen LogP contribution in [0.15, 0.2) is 23.0 Å². The number of anilines is 1. The summed E-state index contributed by atoms with van der Waals surface area (Å²) in [6.07, 6.45) is 0.665. The lowest BCUT2D eigenvalue weighted by Gasteiger charge is -2.28. The van der Waals surface area contributed by atoms with Crippen molar-refractivity contribution in [1.82, 2.24) is 15.0 Å². The van der Waals surface area contributed by atoms with E-state index in [0.29, 0.717) is 36.7 Å². The van der Waals surface area contributed by atoms with Crippen LogP contribution >= 0.6 is 0 Å². The molecule has 5 nitrogen and oxygen atoms in total. The van der Waals surface area contributed by atoms with Gasteiger partial charge in [-0.1, -0.05) is 6.07 Å². The van der Waals surface area contributed by atoms with Gasteiger partial charge < -0.3 is 9.88 Å². The largest absolute Gasteiger partial charge is 0.352 e. The van der Waals surface area contributed by atoms with Gasteiger partial charge in [0, 0.05) is 13.0 Å². The van der Waals surface area contributed by atoms with E-state index in [1.54, 1.807) is 19.1 Å². The van der Waals surface area contributed by atoms with Gasteiger partial charge in [-0.15, -0.1) is 0 Å². The molecule has 1 aliphatic heterocycles. The number of rotatable bonds is 1. The predicted octanol–water partition coefficient (Wildman–Crippen LogP) is 1.18. The predicted molar refractivity (Wildman–Crippen MR) is 68.5 cm³/mol. The van der Waals surface area contributed by atoms with Crippen LogP contribution in [0.5, 0.6) is 0 Å². The zero-order chi connectivity index (χ0) is 13.4. The number of fused-ring (bicyclic) bond motifs is 1. The lowest BCUT2D eigenvalue weighted by atomic mass is 10.1. The third-order valence-electron chi connectivity index (χ3n) is 3.21. The van der Waals surface area contributed by atoms with Crippen molar-refractivity contribution in [2.45, 2.75) is 19.9 Å². The van der Waals surface area contributed by atoms with Gasteiger partial charge in [0.05, 0.1) is 17.8 Å². The van der Waals surface area contributed by atoms with Crippen molar-refractivity contribution >= 4 is 5.82 Å². The van der Waals surface area contributed by atoms with Gasteiger partial charge in [0.25, 0.3) is 5.56 Å². The van der Waals surface area contributed by atoms with E-state index in [4.69, 9.17) is 0 Å². The lowest BCUT2D eigenvalue weighted by molar-refractivity contribution is 0.577. The van der Waals surface area contributed by atoms with Crippen molar-refractivity contribution in [3.05, 3.63) is 51.6 Å². The molecule has 0 spiro atoms. The van der Waals surface area contributed by atoms with E-state index < -0.39 is 5.95 Å². The molecule has 0 radical (unpaired) electrons. The van der Waals surface area contributed by atoms with Crippen molar-refractivity contribution in [3.8, 4) is 0 Å². The Bertz CT molecular complexity index is 683. The molecule has 0 unspecified atom stereocenters. The fourth-order valence-corrected chi connectivity index (χ4v) is 2.32. The topological polar surface area (TPSA) is 61.9 Å². The highest BCUT2D eigenvalue weighted by Gasteiger charge is 2.21. The minimum absolute atomic E-state index is 0.122. The molecule has 19 heavy (non-hydrogen) atoms. The van der Waals surface area contributed by atoms with E-state index in [1.165, 1.54) is 6.07 Å². The summed E-state index contributed by atoms with van der Waals surface area (Å²) in [4.78, 5) is 24.7. The molecular weight excluding hydrogens is 247 g/mol. The second-order valence-electron chi connectivity index (χ2n) is 4.57. The molecule has 2 aromatic heterocycles. The third-order valence-corrected chi connectivity index (χ3v) is 3.21. The average molecular weight is 260 g/mol. The van der Waals surface area contributed by atoms with Crippen LogP contribution in [-0.4, -0.2) is 21.5 Å². The number of nitrogens with zero attached hydrogens (tertiary/aromatic N) is 3. The van der Waals surface area contributed by atoms with Gasteiger partial charge in [-0.25, -0.2) is 9.97 Å². The first kappa shape index (κ1) is 11.8. The fourth-order valence-electron chi connectivity index (χ4n) is 2.32. The van der Waals surface area contributed by atoms with E-state index in [0.717, 1.165) is 5.69 Å². The Morgan fingerprint density at radius 2 is 2.21 bits per heavy atom. The molecule has 0 bridgehead atoms. The molecule has 0 aromatic carbocycles. The molecule has 3 rings (SSSR count). The summed E-state index contributed by atoms with van der Waals surface area (Å²) in [7, 11) is 0. The highest BCUT2D eigenvalue weighted by Crippen LogP contribution is 2.19. The molecule has 1 N–H and O–H groups in total. The number of nitrogens with one attached hydrogen (secondary N) is 1. The van der Waals surface area contributed by atoms with E-state index in [-0.39, 0.29) is 5.56 Å². The molecule has 0 fully saturated rings. The number of halogens is 1. The molecule has 6 heteroatoms. The summed E-state index contributed by atoms with van der Waals surface area (Å²) in [5.41, 5.74) is 1.35. The van der Waals surface area contributed by atoms with Crippen molar-refractivity contribution in [3.63, 3.8) is 0 Å². The molecule has 0 aliphatic carbocycles. The van der Waals surface area contributed by atoms with Gasteiger partial charge in [-0.05, 0) is 19.1 Å². The number of aromatic amines is 1. The quantitative estimate of drug-likeness (QED) is 0.782. The summed E-state index contributed by atoms with van der Waals surface area (Å²) >= 11 is 0. The molecule has 2 aromatic rings. The van der Waals surface area contributed by atoms with E-state index in [2.05, 4.69) is 15.0 Å². The molecular formula is C13H13FN4O. The van der Waals surface area contributed by atoms with Crippen LogP contribution in [0, 0.1) is 12.9 Å². The molecule has 3 heterocycles. The van der Waals surface area contributed by atoms with Gasteiger partial charge in [-0.3, -0.25) is 4.79 Å². The Hall–Kier alpha value is -2.24. The zero-order valence-corrected chi connectivity index (χ0v) is 10.5. The maximum absolute atomic E-state index is 13.1. The minimum Gasteiger partial charge on any atom is -0.352 e. The molecule has 0 atom stereocenters.